The molecule has 0 bridgehead atoms. The van der Waals surface area contributed by atoms with Crippen molar-refractivity contribution < 1.29 is 14.8 Å². The first-order valence-corrected chi connectivity index (χ1v) is 5.81. The van der Waals surface area contributed by atoms with Gasteiger partial charge in [0.1, 0.15) is 0 Å². The van der Waals surface area contributed by atoms with E-state index < -0.39 is 7.12 Å². The van der Waals surface area contributed by atoms with Gasteiger partial charge >= 0.3 is 7.12 Å². The van der Waals surface area contributed by atoms with Gasteiger partial charge in [-0.25, -0.2) is 0 Å². The first-order chi connectivity index (χ1) is 8.41. The number of hydrogen-bond donors (Lipinski definition) is 3. The lowest BCUT2D eigenvalue weighted by Crippen LogP contribution is -2.33. The lowest BCUT2D eigenvalue weighted by Gasteiger charge is -2.12. The second-order valence-corrected chi connectivity index (χ2v) is 4.51. The third kappa shape index (κ3) is 4.14. The number of likely N-dealkylation sites (N-methyl/N-ethyl adjacent to an activating group) is 1. The Hall–Kier alpha value is -1.37. The molecule has 0 aliphatic heterocycles. The highest BCUT2D eigenvalue weighted by Crippen LogP contribution is 2.05. The van der Waals surface area contributed by atoms with Gasteiger partial charge in [-0.2, -0.15) is 0 Å². The van der Waals surface area contributed by atoms with Gasteiger partial charge in [0, 0.05) is 18.7 Å². The minimum absolute atomic E-state index is 0.145. The van der Waals surface area contributed by atoms with Crippen molar-refractivity contribution in [3.05, 3.63) is 29.3 Å². The van der Waals surface area contributed by atoms with Crippen molar-refractivity contribution in [2.45, 2.75) is 6.92 Å². The van der Waals surface area contributed by atoms with E-state index in [0.29, 0.717) is 17.6 Å². The summed E-state index contributed by atoms with van der Waals surface area (Å²) in [6, 6.07) is 4.75. The molecule has 5 nitrogen and oxygen atoms in total. The van der Waals surface area contributed by atoms with E-state index in [0.717, 1.165) is 12.1 Å². The number of amides is 1. The van der Waals surface area contributed by atoms with Gasteiger partial charge in [0.25, 0.3) is 5.91 Å². The predicted octanol–water partition coefficient (Wildman–Crippen LogP) is -1.03. The van der Waals surface area contributed by atoms with Gasteiger partial charge in [0.2, 0.25) is 0 Å². The van der Waals surface area contributed by atoms with Crippen LogP contribution in [0.4, 0.5) is 0 Å². The van der Waals surface area contributed by atoms with Crippen LogP contribution in [-0.4, -0.2) is 55.2 Å². The summed E-state index contributed by atoms with van der Waals surface area (Å²) < 4.78 is 0. The van der Waals surface area contributed by atoms with Gasteiger partial charge in [-0.1, -0.05) is 12.1 Å². The molecular weight excluding hydrogens is 231 g/mol. The standard InChI is InChI=1S/C12H19BN2O3/c1-9-8-10(13(17)18)4-5-11(9)12(16)14-6-7-15(2)3/h4-5,8,17-18H,6-7H2,1-3H3,(H,14,16). The summed E-state index contributed by atoms with van der Waals surface area (Å²) in [4.78, 5) is 13.9. The van der Waals surface area contributed by atoms with Crippen molar-refractivity contribution in [2.24, 2.45) is 0 Å². The van der Waals surface area contributed by atoms with Gasteiger partial charge in [0.05, 0.1) is 0 Å². The van der Waals surface area contributed by atoms with Gasteiger partial charge < -0.3 is 20.3 Å². The number of aryl methyl sites for hydroxylation is 1. The molecule has 3 N–H and O–H groups in total. The fourth-order valence-corrected chi connectivity index (χ4v) is 1.59. The zero-order valence-electron chi connectivity index (χ0n) is 11.0. The molecular formula is C12H19BN2O3. The molecule has 0 aliphatic rings. The van der Waals surface area contributed by atoms with Crippen LogP contribution in [0, 0.1) is 6.92 Å². The molecule has 0 heterocycles. The molecule has 1 amide bonds. The second kappa shape index (κ2) is 6.54. The molecule has 0 spiro atoms. The van der Waals surface area contributed by atoms with Crippen LogP contribution in [0.2, 0.25) is 0 Å². The highest BCUT2D eigenvalue weighted by molar-refractivity contribution is 6.58. The van der Waals surface area contributed by atoms with Crippen molar-refractivity contribution in [1.82, 2.24) is 10.2 Å². The maximum atomic E-state index is 11.9. The first kappa shape index (κ1) is 14.7. The normalized spacial score (nSPS) is 10.6. The Balaban J connectivity index is 2.69. The summed E-state index contributed by atoms with van der Waals surface area (Å²) in [6.45, 7) is 3.13. The van der Waals surface area contributed by atoms with Crippen LogP contribution in [0.25, 0.3) is 0 Å². The molecule has 1 aromatic rings. The van der Waals surface area contributed by atoms with Crippen LogP contribution in [0.5, 0.6) is 0 Å². The molecule has 0 radical (unpaired) electrons. The van der Waals surface area contributed by atoms with E-state index in [1.807, 2.05) is 19.0 Å². The largest absolute Gasteiger partial charge is 0.488 e. The van der Waals surface area contributed by atoms with Crippen LogP contribution in [0.3, 0.4) is 0 Å². The molecule has 0 aromatic heterocycles. The van der Waals surface area contributed by atoms with E-state index in [1.54, 1.807) is 25.1 Å². The summed E-state index contributed by atoms with van der Waals surface area (Å²) >= 11 is 0. The van der Waals surface area contributed by atoms with E-state index in [1.165, 1.54) is 0 Å². The number of carbonyl (C=O) groups excluding carboxylic acids is 1. The van der Waals surface area contributed by atoms with E-state index in [-0.39, 0.29) is 5.91 Å². The Labute approximate surface area is 108 Å². The molecule has 1 aromatic carbocycles. The zero-order chi connectivity index (χ0) is 13.7. The van der Waals surface area contributed by atoms with Crippen molar-refractivity contribution in [1.29, 1.82) is 0 Å². The van der Waals surface area contributed by atoms with Crippen LogP contribution >= 0.6 is 0 Å². The molecule has 98 valence electrons. The Morgan fingerprint density at radius 3 is 2.56 bits per heavy atom. The topological polar surface area (TPSA) is 72.8 Å². The van der Waals surface area contributed by atoms with Crippen molar-refractivity contribution in [3.8, 4) is 0 Å². The Morgan fingerprint density at radius 2 is 2.06 bits per heavy atom. The van der Waals surface area contributed by atoms with Crippen LogP contribution in [0.15, 0.2) is 18.2 Å². The van der Waals surface area contributed by atoms with Crippen LogP contribution < -0.4 is 10.8 Å². The van der Waals surface area contributed by atoms with Gasteiger partial charge in [-0.15, -0.1) is 0 Å². The number of nitrogens with one attached hydrogen (secondary N) is 1. The number of hydrogen-bond acceptors (Lipinski definition) is 4. The monoisotopic (exact) mass is 250 g/mol. The first-order valence-electron chi connectivity index (χ1n) is 5.81. The van der Waals surface area contributed by atoms with Gasteiger partial charge in [0.15, 0.2) is 0 Å². The van der Waals surface area contributed by atoms with E-state index in [4.69, 9.17) is 10.0 Å². The van der Waals surface area contributed by atoms with Gasteiger partial charge in [-0.3, -0.25) is 4.79 Å². The highest BCUT2D eigenvalue weighted by Gasteiger charge is 2.14. The fraction of sp³-hybridized carbons (Fsp3) is 0.417. The maximum Gasteiger partial charge on any atom is 0.488 e. The van der Waals surface area contributed by atoms with E-state index >= 15 is 0 Å². The summed E-state index contributed by atoms with van der Waals surface area (Å²) in [5, 5.41) is 20.9. The Bertz CT molecular complexity index is 422. The highest BCUT2D eigenvalue weighted by atomic mass is 16.4. The minimum Gasteiger partial charge on any atom is -0.423 e. The molecule has 0 saturated heterocycles. The van der Waals surface area contributed by atoms with E-state index in [9.17, 15) is 4.79 Å². The summed E-state index contributed by atoms with van der Waals surface area (Å²) in [7, 11) is 2.37. The number of nitrogens with zero attached hydrogens (tertiary/aromatic N) is 1. The molecule has 1 rings (SSSR count). The second-order valence-electron chi connectivity index (χ2n) is 4.51. The fourth-order valence-electron chi connectivity index (χ4n) is 1.59. The number of carbonyl (C=O) groups is 1. The van der Waals surface area contributed by atoms with Crippen molar-refractivity contribution >= 4 is 18.5 Å². The molecule has 0 fully saturated rings. The van der Waals surface area contributed by atoms with Crippen LogP contribution in [-0.2, 0) is 0 Å². The lowest BCUT2D eigenvalue weighted by atomic mass is 9.79. The molecule has 0 saturated carbocycles. The van der Waals surface area contributed by atoms with Crippen molar-refractivity contribution in [2.75, 3.05) is 27.2 Å². The van der Waals surface area contributed by atoms with Crippen molar-refractivity contribution in [3.63, 3.8) is 0 Å². The smallest absolute Gasteiger partial charge is 0.423 e. The van der Waals surface area contributed by atoms with Crippen LogP contribution in [0.1, 0.15) is 15.9 Å². The average Bonchev–Trinajstić information content (AvgIpc) is 2.27. The zero-order valence-corrected chi connectivity index (χ0v) is 11.0. The quantitative estimate of drug-likeness (QED) is 0.584. The average molecular weight is 250 g/mol. The SMILES string of the molecule is Cc1cc(B(O)O)ccc1C(=O)NCCN(C)C. The summed E-state index contributed by atoms with van der Waals surface area (Å²) in [6.07, 6.45) is 0. The molecule has 0 atom stereocenters. The molecule has 0 aliphatic carbocycles. The minimum atomic E-state index is -1.51. The van der Waals surface area contributed by atoms with Gasteiger partial charge in [-0.05, 0) is 38.1 Å². The summed E-state index contributed by atoms with van der Waals surface area (Å²) in [5.74, 6) is -0.145. The lowest BCUT2D eigenvalue weighted by molar-refractivity contribution is 0.0950. The predicted molar refractivity (Wildman–Crippen MR) is 71.9 cm³/mol. The Morgan fingerprint density at radius 1 is 1.39 bits per heavy atom. The molecule has 18 heavy (non-hydrogen) atoms. The van der Waals surface area contributed by atoms with E-state index in [2.05, 4.69) is 5.32 Å². The Kier molecular flexibility index (Phi) is 5.34. The molecule has 0 unspecified atom stereocenters. The maximum absolute atomic E-state index is 11.9. The molecule has 6 heteroatoms. The number of benzene rings is 1. The third-order valence-corrected chi connectivity index (χ3v) is 2.64. The summed E-state index contributed by atoms with van der Waals surface area (Å²) in [5.41, 5.74) is 1.67. The number of rotatable bonds is 5. The third-order valence-electron chi connectivity index (χ3n) is 2.64.